The van der Waals surface area contributed by atoms with Crippen molar-refractivity contribution in [2.45, 2.75) is 50.8 Å². The van der Waals surface area contributed by atoms with Crippen molar-refractivity contribution in [2.75, 3.05) is 18.1 Å². The van der Waals surface area contributed by atoms with E-state index in [1.165, 1.54) is 12.2 Å². The Balaban J connectivity index is 1.60. The molecule has 106 valence electrons. The molecule has 3 atom stereocenters. The lowest BCUT2D eigenvalue weighted by Gasteiger charge is -2.38. The van der Waals surface area contributed by atoms with Gasteiger partial charge in [0, 0.05) is 18.4 Å². The summed E-state index contributed by atoms with van der Waals surface area (Å²) in [7, 11) is 0. The molecule has 5 heteroatoms. The van der Waals surface area contributed by atoms with Crippen LogP contribution in [0.4, 0.5) is 0 Å². The summed E-state index contributed by atoms with van der Waals surface area (Å²) < 4.78 is 11.6. The van der Waals surface area contributed by atoms with E-state index in [0.29, 0.717) is 6.04 Å². The molecule has 4 nitrogen and oxygen atoms in total. The zero-order valence-electron chi connectivity index (χ0n) is 11.6. The predicted octanol–water partition coefficient (Wildman–Crippen LogP) is 2.69. The SMILES string of the molecule is Cc1cnc(C(C)NC2CCOC3(CCSC3)C2)o1. The quantitative estimate of drug-likeness (QED) is 0.923. The van der Waals surface area contributed by atoms with E-state index in [0.717, 1.165) is 36.9 Å². The van der Waals surface area contributed by atoms with E-state index in [1.807, 2.05) is 18.7 Å². The highest BCUT2D eigenvalue weighted by Crippen LogP contribution is 2.38. The van der Waals surface area contributed by atoms with Gasteiger partial charge in [-0.25, -0.2) is 4.98 Å². The maximum Gasteiger partial charge on any atom is 0.211 e. The van der Waals surface area contributed by atoms with E-state index in [2.05, 4.69) is 17.2 Å². The van der Waals surface area contributed by atoms with Gasteiger partial charge >= 0.3 is 0 Å². The molecule has 1 aromatic heterocycles. The van der Waals surface area contributed by atoms with Gasteiger partial charge < -0.3 is 14.5 Å². The fraction of sp³-hybridized carbons (Fsp3) is 0.786. The van der Waals surface area contributed by atoms with Gasteiger partial charge in [-0.1, -0.05) is 0 Å². The molecule has 1 N–H and O–H groups in total. The molecule has 1 aromatic rings. The first kappa shape index (κ1) is 13.5. The van der Waals surface area contributed by atoms with Crippen LogP contribution in [0, 0.1) is 6.92 Å². The summed E-state index contributed by atoms with van der Waals surface area (Å²) >= 11 is 2.02. The molecule has 1 spiro atoms. The molecule has 0 radical (unpaired) electrons. The summed E-state index contributed by atoms with van der Waals surface area (Å²) in [6.07, 6.45) is 5.18. The highest BCUT2D eigenvalue weighted by atomic mass is 32.2. The molecule has 0 saturated carbocycles. The van der Waals surface area contributed by atoms with Gasteiger partial charge in [0.15, 0.2) is 0 Å². The predicted molar refractivity (Wildman–Crippen MR) is 76.4 cm³/mol. The second kappa shape index (κ2) is 5.46. The molecule has 0 aliphatic carbocycles. The minimum absolute atomic E-state index is 0.132. The van der Waals surface area contributed by atoms with Crippen LogP contribution in [0.3, 0.4) is 0 Å². The molecule has 2 aliphatic rings. The Kier molecular flexibility index (Phi) is 3.87. The number of aromatic nitrogens is 1. The zero-order chi connectivity index (χ0) is 13.3. The first-order valence-electron chi connectivity index (χ1n) is 7.07. The van der Waals surface area contributed by atoms with Crippen LogP contribution in [0.15, 0.2) is 10.6 Å². The molecule has 19 heavy (non-hydrogen) atoms. The van der Waals surface area contributed by atoms with Gasteiger partial charge in [-0.15, -0.1) is 0 Å². The van der Waals surface area contributed by atoms with Crippen molar-refractivity contribution < 1.29 is 9.15 Å². The number of nitrogens with zero attached hydrogens (tertiary/aromatic N) is 1. The fourth-order valence-corrected chi connectivity index (χ4v) is 4.41. The molecular weight excluding hydrogens is 260 g/mol. The van der Waals surface area contributed by atoms with E-state index >= 15 is 0 Å². The number of nitrogens with one attached hydrogen (secondary N) is 1. The third-order valence-electron chi connectivity index (χ3n) is 4.06. The van der Waals surface area contributed by atoms with Gasteiger partial charge in [0.2, 0.25) is 5.89 Å². The monoisotopic (exact) mass is 282 g/mol. The Hall–Kier alpha value is -0.520. The molecule has 0 bridgehead atoms. The Morgan fingerprint density at radius 3 is 3.16 bits per heavy atom. The highest BCUT2D eigenvalue weighted by molar-refractivity contribution is 7.99. The minimum atomic E-state index is 0.132. The second-order valence-corrected chi connectivity index (χ2v) is 6.83. The Morgan fingerprint density at radius 1 is 1.58 bits per heavy atom. The van der Waals surface area contributed by atoms with Crippen molar-refractivity contribution >= 4 is 11.8 Å². The van der Waals surface area contributed by atoms with Crippen molar-refractivity contribution in [1.82, 2.24) is 10.3 Å². The van der Waals surface area contributed by atoms with Crippen LogP contribution in [0.2, 0.25) is 0 Å². The van der Waals surface area contributed by atoms with Crippen LogP contribution in [0.1, 0.15) is 43.9 Å². The highest BCUT2D eigenvalue weighted by Gasteiger charge is 2.40. The minimum Gasteiger partial charge on any atom is -0.444 e. The summed E-state index contributed by atoms with van der Waals surface area (Å²) in [6.45, 7) is 4.93. The summed E-state index contributed by atoms with van der Waals surface area (Å²) in [5.74, 6) is 4.05. The fourth-order valence-electron chi connectivity index (χ4n) is 3.03. The molecule has 3 unspecified atom stereocenters. The molecular formula is C14H22N2O2S. The lowest BCUT2D eigenvalue weighted by molar-refractivity contribution is -0.0714. The molecule has 2 saturated heterocycles. The van der Waals surface area contributed by atoms with Crippen molar-refractivity contribution in [1.29, 1.82) is 0 Å². The number of ether oxygens (including phenoxy) is 1. The topological polar surface area (TPSA) is 47.3 Å². The lowest BCUT2D eigenvalue weighted by atomic mass is 9.89. The first-order chi connectivity index (χ1) is 9.17. The number of hydrogen-bond donors (Lipinski definition) is 1. The van der Waals surface area contributed by atoms with E-state index < -0.39 is 0 Å². The van der Waals surface area contributed by atoms with E-state index in [9.17, 15) is 0 Å². The number of hydrogen-bond acceptors (Lipinski definition) is 5. The molecule has 3 heterocycles. The third-order valence-corrected chi connectivity index (χ3v) is 5.28. The average Bonchev–Trinajstić information content (AvgIpc) is 2.99. The summed E-state index contributed by atoms with van der Waals surface area (Å²) in [4.78, 5) is 4.31. The standard InChI is InChI=1S/C14H22N2O2S/c1-10-8-15-13(18-10)11(2)16-12-3-5-17-14(7-12)4-6-19-9-14/h8,11-12,16H,3-7,9H2,1-2H3. The number of aryl methyl sites for hydroxylation is 1. The van der Waals surface area contributed by atoms with Gasteiger partial charge in [-0.05, 0) is 38.9 Å². The number of thioether (sulfide) groups is 1. The maximum absolute atomic E-state index is 6.05. The van der Waals surface area contributed by atoms with Crippen molar-refractivity contribution in [3.05, 3.63) is 17.8 Å². The number of rotatable bonds is 3. The Morgan fingerprint density at radius 2 is 2.47 bits per heavy atom. The molecule has 0 amide bonds. The van der Waals surface area contributed by atoms with Crippen LogP contribution in [-0.2, 0) is 4.74 Å². The first-order valence-corrected chi connectivity index (χ1v) is 8.22. The second-order valence-electron chi connectivity index (χ2n) is 5.72. The molecule has 2 fully saturated rings. The summed E-state index contributed by atoms with van der Waals surface area (Å²) in [5.41, 5.74) is 0.132. The smallest absolute Gasteiger partial charge is 0.211 e. The van der Waals surface area contributed by atoms with Crippen molar-refractivity contribution in [3.63, 3.8) is 0 Å². The molecule has 3 rings (SSSR count). The third kappa shape index (κ3) is 2.98. The maximum atomic E-state index is 6.05. The van der Waals surface area contributed by atoms with Gasteiger partial charge in [-0.2, -0.15) is 11.8 Å². The van der Waals surface area contributed by atoms with Crippen molar-refractivity contribution in [2.24, 2.45) is 0 Å². The van der Waals surface area contributed by atoms with Gasteiger partial charge in [0.25, 0.3) is 0 Å². The van der Waals surface area contributed by atoms with Gasteiger partial charge in [0.05, 0.1) is 17.8 Å². The molecule has 2 aliphatic heterocycles. The van der Waals surface area contributed by atoms with Crippen molar-refractivity contribution in [3.8, 4) is 0 Å². The van der Waals surface area contributed by atoms with Crippen LogP contribution < -0.4 is 5.32 Å². The van der Waals surface area contributed by atoms with E-state index in [1.54, 1.807) is 6.20 Å². The van der Waals surface area contributed by atoms with Crippen LogP contribution >= 0.6 is 11.8 Å². The number of oxazole rings is 1. The Bertz CT molecular complexity index is 429. The van der Waals surface area contributed by atoms with E-state index in [-0.39, 0.29) is 11.6 Å². The van der Waals surface area contributed by atoms with Crippen LogP contribution in [0.5, 0.6) is 0 Å². The lowest BCUT2D eigenvalue weighted by Crippen LogP contribution is -2.47. The Labute approximate surface area is 118 Å². The zero-order valence-corrected chi connectivity index (χ0v) is 12.5. The summed E-state index contributed by atoms with van der Waals surface area (Å²) in [5, 5.41) is 3.65. The largest absolute Gasteiger partial charge is 0.444 e. The van der Waals surface area contributed by atoms with Crippen LogP contribution in [0.25, 0.3) is 0 Å². The normalized spacial score (nSPS) is 32.8. The van der Waals surface area contributed by atoms with Gasteiger partial charge in [-0.3, -0.25) is 0 Å². The molecule has 0 aromatic carbocycles. The van der Waals surface area contributed by atoms with E-state index in [4.69, 9.17) is 9.15 Å². The van der Waals surface area contributed by atoms with Crippen LogP contribution in [-0.4, -0.2) is 34.7 Å². The average molecular weight is 282 g/mol. The summed E-state index contributed by atoms with van der Waals surface area (Å²) in [6, 6.07) is 0.678. The van der Waals surface area contributed by atoms with Gasteiger partial charge in [0.1, 0.15) is 5.76 Å².